The van der Waals surface area contributed by atoms with Gasteiger partial charge in [-0.25, -0.2) is 0 Å². The third-order valence-electron chi connectivity index (χ3n) is 6.19. The van der Waals surface area contributed by atoms with Gasteiger partial charge in [0.2, 0.25) is 5.91 Å². The van der Waals surface area contributed by atoms with Gasteiger partial charge in [0.1, 0.15) is 5.76 Å². The zero-order valence-corrected chi connectivity index (χ0v) is 15.6. The molecule has 0 bridgehead atoms. The van der Waals surface area contributed by atoms with Gasteiger partial charge in [0.25, 0.3) is 0 Å². The summed E-state index contributed by atoms with van der Waals surface area (Å²) in [7, 11) is 2.10. The minimum absolute atomic E-state index is 0.155. The van der Waals surface area contributed by atoms with Gasteiger partial charge in [-0.15, -0.1) is 0 Å². The number of carbonyl (C=O) groups excluding carboxylic acids is 1. The van der Waals surface area contributed by atoms with Crippen LogP contribution in [0.4, 0.5) is 0 Å². The third-order valence-corrected chi connectivity index (χ3v) is 6.19. The van der Waals surface area contributed by atoms with Crippen LogP contribution in [-0.4, -0.2) is 68.3 Å². The standard InChI is InChI=1S/C20H30N2O4/c1-21(11-17-3-2-8-25-17)13-19-18-12-22(7-4-16(18)14-26-19)20(23)15-5-9-24-10-6-15/h2-3,8,15-16,18-19H,4-7,9-14H2,1H3/t16-,18-,19+/m0/s1. The minimum atomic E-state index is 0.155. The van der Waals surface area contributed by atoms with Crippen LogP contribution in [0.3, 0.4) is 0 Å². The normalized spacial score (nSPS) is 29.9. The van der Waals surface area contributed by atoms with E-state index in [-0.39, 0.29) is 12.0 Å². The zero-order chi connectivity index (χ0) is 17.9. The van der Waals surface area contributed by atoms with E-state index in [0.717, 1.165) is 71.0 Å². The van der Waals surface area contributed by atoms with E-state index in [1.807, 2.05) is 12.1 Å². The number of furan rings is 1. The Morgan fingerprint density at radius 3 is 2.92 bits per heavy atom. The van der Waals surface area contributed by atoms with Crippen molar-refractivity contribution >= 4 is 5.91 Å². The summed E-state index contributed by atoms with van der Waals surface area (Å²) in [5, 5.41) is 0. The Morgan fingerprint density at radius 2 is 2.15 bits per heavy atom. The molecular weight excluding hydrogens is 332 g/mol. The number of fused-ring (bicyclic) bond motifs is 1. The van der Waals surface area contributed by atoms with Crippen LogP contribution in [0.2, 0.25) is 0 Å². The fourth-order valence-electron chi connectivity index (χ4n) is 4.66. The molecule has 0 N–H and O–H groups in total. The molecule has 0 spiro atoms. The number of hydrogen-bond acceptors (Lipinski definition) is 5. The van der Waals surface area contributed by atoms with Crippen LogP contribution in [0.15, 0.2) is 22.8 Å². The van der Waals surface area contributed by atoms with Crippen molar-refractivity contribution in [3.05, 3.63) is 24.2 Å². The molecule has 4 rings (SSSR count). The van der Waals surface area contributed by atoms with Gasteiger partial charge in [0.15, 0.2) is 0 Å². The summed E-state index contributed by atoms with van der Waals surface area (Å²) >= 11 is 0. The Hall–Kier alpha value is -1.37. The van der Waals surface area contributed by atoms with Crippen LogP contribution < -0.4 is 0 Å². The van der Waals surface area contributed by atoms with Crippen molar-refractivity contribution in [3.63, 3.8) is 0 Å². The molecule has 1 aromatic heterocycles. The molecule has 0 aliphatic carbocycles. The monoisotopic (exact) mass is 362 g/mol. The summed E-state index contributed by atoms with van der Waals surface area (Å²) in [4.78, 5) is 17.2. The molecule has 1 aromatic rings. The molecule has 6 heteroatoms. The van der Waals surface area contributed by atoms with Gasteiger partial charge < -0.3 is 18.8 Å². The van der Waals surface area contributed by atoms with E-state index in [1.54, 1.807) is 6.26 Å². The Balaban J connectivity index is 1.33. The smallest absolute Gasteiger partial charge is 0.225 e. The minimum Gasteiger partial charge on any atom is -0.468 e. The first-order valence-electron chi connectivity index (χ1n) is 9.90. The van der Waals surface area contributed by atoms with Crippen LogP contribution in [0, 0.1) is 17.8 Å². The third kappa shape index (κ3) is 3.97. The first-order chi connectivity index (χ1) is 12.7. The number of rotatable bonds is 5. The van der Waals surface area contributed by atoms with Gasteiger partial charge in [0.05, 0.1) is 25.5 Å². The van der Waals surface area contributed by atoms with Crippen LogP contribution in [-0.2, 0) is 20.8 Å². The molecule has 1 amide bonds. The topological polar surface area (TPSA) is 55.2 Å². The Kier molecular flexibility index (Phi) is 5.62. The summed E-state index contributed by atoms with van der Waals surface area (Å²) in [6, 6.07) is 3.93. The van der Waals surface area contributed by atoms with E-state index in [2.05, 4.69) is 16.8 Å². The number of ether oxygens (including phenoxy) is 2. The Labute approximate surface area is 155 Å². The number of likely N-dealkylation sites (N-methyl/N-ethyl adjacent to an activating group) is 1. The van der Waals surface area contributed by atoms with Crippen molar-refractivity contribution < 1.29 is 18.7 Å². The van der Waals surface area contributed by atoms with Crippen molar-refractivity contribution in [2.75, 3.05) is 46.5 Å². The van der Waals surface area contributed by atoms with Gasteiger partial charge in [-0.1, -0.05) is 0 Å². The first-order valence-corrected chi connectivity index (χ1v) is 9.90. The molecule has 4 heterocycles. The molecule has 0 unspecified atom stereocenters. The highest BCUT2D eigenvalue weighted by molar-refractivity contribution is 5.79. The molecule has 3 atom stereocenters. The number of likely N-dealkylation sites (tertiary alicyclic amines) is 1. The largest absolute Gasteiger partial charge is 0.468 e. The number of amides is 1. The molecule has 0 saturated carbocycles. The lowest BCUT2D eigenvalue weighted by atomic mass is 9.83. The molecule has 3 saturated heterocycles. The van der Waals surface area contributed by atoms with Crippen molar-refractivity contribution in [3.8, 4) is 0 Å². The van der Waals surface area contributed by atoms with Crippen molar-refractivity contribution in [2.24, 2.45) is 17.8 Å². The van der Waals surface area contributed by atoms with E-state index in [1.165, 1.54) is 0 Å². The number of piperidine rings is 1. The predicted octanol–water partition coefficient (Wildman–Crippen LogP) is 2.00. The van der Waals surface area contributed by atoms with Crippen molar-refractivity contribution in [2.45, 2.75) is 31.9 Å². The summed E-state index contributed by atoms with van der Waals surface area (Å²) in [6.07, 6.45) is 4.72. The van der Waals surface area contributed by atoms with E-state index in [9.17, 15) is 4.79 Å². The van der Waals surface area contributed by atoms with Gasteiger partial charge in [-0.05, 0) is 44.4 Å². The van der Waals surface area contributed by atoms with Crippen molar-refractivity contribution in [1.29, 1.82) is 0 Å². The van der Waals surface area contributed by atoms with Crippen LogP contribution >= 0.6 is 0 Å². The SMILES string of the molecule is CN(Cc1ccco1)C[C@H]1OC[C@@H]2CCN(C(=O)C3CCOCC3)C[C@@H]21. The molecule has 3 aliphatic rings. The summed E-state index contributed by atoms with van der Waals surface area (Å²) in [5.74, 6) is 2.51. The molecule has 6 nitrogen and oxygen atoms in total. The fourth-order valence-corrected chi connectivity index (χ4v) is 4.66. The molecule has 3 fully saturated rings. The Bertz CT molecular complexity index is 585. The van der Waals surface area contributed by atoms with Crippen LogP contribution in [0.1, 0.15) is 25.0 Å². The average Bonchev–Trinajstić information content (AvgIpc) is 3.31. The lowest BCUT2D eigenvalue weighted by Crippen LogP contribution is -2.49. The molecule has 3 aliphatic heterocycles. The highest BCUT2D eigenvalue weighted by Gasteiger charge is 2.43. The zero-order valence-electron chi connectivity index (χ0n) is 15.6. The van der Waals surface area contributed by atoms with Gasteiger partial charge in [0, 0.05) is 44.7 Å². The molecule has 26 heavy (non-hydrogen) atoms. The molecule has 144 valence electrons. The van der Waals surface area contributed by atoms with Gasteiger partial charge in [-0.2, -0.15) is 0 Å². The maximum absolute atomic E-state index is 12.9. The molecular formula is C20H30N2O4. The second-order valence-electron chi connectivity index (χ2n) is 8.03. The predicted molar refractivity (Wildman–Crippen MR) is 96.5 cm³/mol. The Morgan fingerprint density at radius 1 is 1.31 bits per heavy atom. The average molecular weight is 362 g/mol. The highest BCUT2D eigenvalue weighted by atomic mass is 16.5. The molecule has 0 radical (unpaired) electrons. The summed E-state index contributed by atoms with van der Waals surface area (Å²) in [5.41, 5.74) is 0. The second kappa shape index (κ2) is 8.11. The number of hydrogen-bond donors (Lipinski definition) is 0. The number of carbonyl (C=O) groups is 1. The van der Waals surface area contributed by atoms with Crippen LogP contribution in [0.25, 0.3) is 0 Å². The second-order valence-corrected chi connectivity index (χ2v) is 8.03. The van der Waals surface area contributed by atoms with E-state index >= 15 is 0 Å². The summed E-state index contributed by atoms with van der Waals surface area (Å²) < 4.78 is 17.0. The highest BCUT2D eigenvalue weighted by Crippen LogP contribution is 2.35. The lowest BCUT2D eigenvalue weighted by Gasteiger charge is -2.38. The first kappa shape index (κ1) is 18.0. The summed E-state index contributed by atoms with van der Waals surface area (Å²) in [6.45, 7) is 5.67. The van der Waals surface area contributed by atoms with Crippen LogP contribution in [0.5, 0.6) is 0 Å². The molecule has 0 aromatic carbocycles. The number of nitrogens with zero attached hydrogens (tertiary/aromatic N) is 2. The van der Waals surface area contributed by atoms with E-state index < -0.39 is 0 Å². The van der Waals surface area contributed by atoms with Gasteiger partial charge >= 0.3 is 0 Å². The maximum Gasteiger partial charge on any atom is 0.225 e. The van der Waals surface area contributed by atoms with E-state index in [0.29, 0.717) is 17.7 Å². The lowest BCUT2D eigenvalue weighted by molar-refractivity contribution is -0.141. The maximum atomic E-state index is 12.9. The van der Waals surface area contributed by atoms with E-state index in [4.69, 9.17) is 13.9 Å². The van der Waals surface area contributed by atoms with Crippen molar-refractivity contribution in [1.82, 2.24) is 9.80 Å². The fraction of sp³-hybridized carbons (Fsp3) is 0.750. The van der Waals surface area contributed by atoms with Gasteiger partial charge in [-0.3, -0.25) is 9.69 Å². The quantitative estimate of drug-likeness (QED) is 0.802.